The number of esters is 5. The smallest absolute Gasteiger partial charge is 0.303 e. The van der Waals surface area contributed by atoms with Crippen molar-refractivity contribution in [3.05, 3.63) is 59.4 Å². The second kappa shape index (κ2) is 14.6. The van der Waals surface area contributed by atoms with Crippen LogP contribution in [0.2, 0.25) is 0 Å². The third-order valence-electron chi connectivity index (χ3n) is 8.48. The Bertz CT molecular complexity index is 2470. The molecule has 54 heavy (non-hydrogen) atoms. The molecule has 278 valence electrons. The number of aromatic nitrogens is 8. The van der Waals surface area contributed by atoms with Crippen LogP contribution in [0.15, 0.2) is 43.1 Å². The molecule has 0 saturated carbocycles. The number of ether oxygens (including phenoxy) is 5. The zero-order valence-corrected chi connectivity index (χ0v) is 30.4. The molecule has 18 nitrogen and oxygen atoms in total. The quantitative estimate of drug-likeness (QED) is 0.137. The van der Waals surface area contributed by atoms with Crippen LogP contribution in [0.5, 0.6) is 0 Å². The molecule has 0 bridgehead atoms. The fourth-order valence-corrected chi connectivity index (χ4v) is 7.67. The molecule has 6 aromatic rings. The summed E-state index contributed by atoms with van der Waals surface area (Å²) >= 11 is 1.62. The minimum absolute atomic E-state index is 0.197. The molecular weight excluding hydrogens is 724 g/mol. The first-order valence-corrected chi connectivity index (χ1v) is 17.5. The summed E-state index contributed by atoms with van der Waals surface area (Å²) in [4.78, 5) is 81.9. The maximum absolute atomic E-state index is 12.6. The van der Waals surface area contributed by atoms with E-state index >= 15 is 0 Å². The van der Waals surface area contributed by atoms with E-state index in [0.29, 0.717) is 16.9 Å². The van der Waals surface area contributed by atoms with E-state index in [4.69, 9.17) is 23.7 Å². The Morgan fingerprint density at radius 2 is 1.54 bits per heavy atom. The van der Waals surface area contributed by atoms with Crippen LogP contribution in [0.1, 0.15) is 57.0 Å². The molecule has 0 spiro atoms. The molecule has 0 radical (unpaired) electrons. The number of benzene rings is 1. The summed E-state index contributed by atoms with van der Waals surface area (Å²) in [5.74, 6) is -3.86. The van der Waals surface area contributed by atoms with Gasteiger partial charge in [0.05, 0.1) is 17.0 Å². The molecule has 0 fully saturated rings. The summed E-state index contributed by atoms with van der Waals surface area (Å²) in [5, 5.41) is 10.4. The molecule has 7 rings (SSSR count). The van der Waals surface area contributed by atoms with E-state index in [2.05, 4.69) is 42.3 Å². The van der Waals surface area contributed by atoms with E-state index in [-0.39, 0.29) is 11.5 Å². The Balaban J connectivity index is 1.35. The van der Waals surface area contributed by atoms with Gasteiger partial charge in [0.15, 0.2) is 41.2 Å². The largest absolute Gasteiger partial charge is 0.462 e. The highest BCUT2D eigenvalue weighted by Crippen LogP contribution is 2.45. The molecule has 1 aromatic carbocycles. The monoisotopic (exact) mass is 756 g/mol. The number of hydrogen-bond donors (Lipinski definition) is 0. The molecule has 4 atom stereocenters. The van der Waals surface area contributed by atoms with Gasteiger partial charge in [0.25, 0.3) is 0 Å². The van der Waals surface area contributed by atoms with E-state index in [1.807, 2.05) is 12.1 Å². The van der Waals surface area contributed by atoms with Crippen LogP contribution in [0, 0.1) is 0 Å². The maximum Gasteiger partial charge on any atom is 0.303 e. The Hall–Kier alpha value is -6.37. The van der Waals surface area contributed by atoms with Gasteiger partial charge in [0, 0.05) is 45.1 Å². The number of fused-ring (bicyclic) bond motifs is 8. The predicted octanol–water partition coefficient (Wildman–Crippen LogP) is 3.20. The SMILES string of the molecule is CC(=O)OC[C@@H](OC(C)=O)[C@H](OC(C)=O)[C@@H](OC(C)=O)[C@H](OC(C)=O)c1nc2c3cnn(-c4ncnc5sc6c(c45)-c4ccccc4CC6)c3ncn2n1. The lowest BCUT2D eigenvalue weighted by Gasteiger charge is -2.34. The van der Waals surface area contributed by atoms with Gasteiger partial charge in [-0.05, 0) is 24.0 Å². The Morgan fingerprint density at radius 1 is 0.815 bits per heavy atom. The number of hydrogen-bond acceptors (Lipinski definition) is 17. The van der Waals surface area contributed by atoms with Crippen molar-refractivity contribution in [1.29, 1.82) is 0 Å². The minimum Gasteiger partial charge on any atom is -0.462 e. The Labute approximate surface area is 309 Å². The zero-order valence-electron chi connectivity index (χ0n) is 29.5. The summed E-state index contributed by atoms with van der Waals surface area (Å²) in [7, 11) is 0. The van der Waals surface area contributed by atoms with Crippen LogP contribution >= 0.6 is 11.3 Å². The number of aryl methyl sites for hydroxylation is 2. The van der Waals surface area contributed by atoms with Gasteiger partial charge in [-0.1, -0.05) is 24.3 Å². The molecule has 0 N–H and O–H groups in total. The van der Waals surface area contributed by atoms with Crippen LogP contribution < -0.4 is 0 Å². The molecule has 5 aromatic heterocycles. The van der Waals surface area contributed by atoms with E-state index in [1.165, 1.54) is 27.6 Å². The lowest BCUT2D eigenvalue weighted by atomic mass is 9.89. The van der Waals surface area contributed by atoms with Crippen molar-refractivity contribution in [3.8, 4) is 16.9 Å². The highest BCUT2D eigenvalue weighted by Gasteiger charge is 2.46. The lowest BCUT2D eigenvalue weighted by molar-refractivity contribution is -0.204. The van der Waals surface area contributed by atoms with Gasteiger partial charge in [0.1, 0.15) is 24.1 Å². The summed E-state index contributed by atoms with van der Waals surface area (Å²) in [6.07, 6.45) is -0.349. The predicted molar refractivity (Wildman–Crippen MR) is 187 cm³/mol. The van der Waals surface area contributed by atoms with Gasteiger partial charge in [-0.25, -0.2) is 24.5 Å². The number of carbonyl (C=O) groups excluding carboxylic acids is 5. The first-order valence-electron chi connectivity index (χ1n) is 16.7. The molecular formula is C35H32N8O10S. The molecule has 1 aliphatic carbocycles. The normalized spacial score (nSPS) is 14.4. The Morgan fingerprint density at radius 3 is 2.26 bits per heavy atom. The highest BCUT2D eigenvalue weighted by molar-refractivity contribution is 7.19. The van der Waals surface area contributed by atoms with Crippen molar-refractivity contribution < 1.29 is 47.7 Å². The van der Waals surface area contributed by atoms with Crippen LogP contribution in [-0.2, 0) is 60.5 Å². The first kappa shape index (κ1) is 36.0. The molecule has 0 unspecified atom stereocenters. The van der Waals surface area contributed by atoms with Crippen molar-refractivity contribution >= 4 is 68.1 Å². The third-order valence-corrected chi connectivity index (χ3v) is 9.64. The van der Waals surface area contributed by atoms with Crippen molar-refractivity contribution in [2.45, 2.75) is 71.9 Å². The molecule has 0 aliphatic heterocycles. The van der Waals surface area contributed by atoms with Gasteiger partial charge < -0.3 is 23.7 Å². The fraction of sp³-hybridized carbons (Fsp3) is 0.343. The number of thiophene rings is 1. The number of nitrogens with zero attached hydrogens (tertiary/aromatic N) is 8. The molecule has 5 heterocycles. The second-order valence-corrected chi connectivity index (χ2v) is 13.4. The average Bonchev–Trinajstić information content (AvgIpc) is 3.85. The minimum atomic E-state index is -1.71. The molecule has 1 aliphatic rings. The lowest BCUT2D eigenvalue weighted by Crippen LogP contribution is -2.50. The fourth-order valence-electron chi connectivity index (χ4n) is 6.52. The molecule has 0 amide bonds. The molecule has 19 heteroatoms. The Kier molecular flexibility index (Phi) is 9.72. The van der Waals surface area contributed by atoms with E-state index in [9.17, 15) is 24.0 Å². The summed E-state index contributed by atoms with van der Waals surface area (Å²) in [6.45, 7) is 4.83. The average molecular weight is 757 g/mol. The summed E-state index contributed by atoms with van der Waals surface area (Å²) in [5.41, 5.74) is 4.01. The van der Waals surface area contributed by atoms with Crippen molar-refractivity contribution in [2.75, 3.05) is 6.61 Å². The maximum atomic E-state index is 12.6. The summed E-state index contributed by atoms with van der Waals surface area (Å²) in [6, 6.07) is 8.24. The van der Waals surface area contributed by atoms with Crippen molar-refractivity contribution in [1.82, 2.24) is 39.3 Å². The van der Waals surface area contributed by atoms with Gasteiger partial charge in [-0.2, -0.15) is 9.78 Å². The van der Waals surface area contributed by atoms with Gasteiger partial charge in [0.2, 0.25) is 6.10 Å². The summed E-state index contributed by atoms with van der Waals surface area (Å²) < 4.78 is 30.1. The zero-order chi connectivity index (χ0) is 38.3. The van der Waals surface area contributed by atoms with E-state index in [0.717, 1.165) is 68.8 Å². The van der Waals surface area contributed by atoms with Crippen LogP contribution in [-0.4, -0.2) is 94.1 Å². The van der Waals surface area contributed by atoms with Crippen LogP contribution in [0.3, 0.4) is 0 Å². The first-order chi connectivity index (χ1) is 25.9. The van der Waals surface area contributed by atoms with Gasteiger partial charge >= 0.3 is 29.8 Å². The van der Waals surface area contributed by atoms with Crippen LogP contribution in [0.25, 0.3) is 43.8 Å². The topological polar surface area (TPSA) is 218 Å². The van der Waals surface area contributed by atoms with Crippen molar-refractivity contribution in [2.24, 2.45) is 0 Å². The highest BCUT2D eigenvalue weighted by atomic mass is 32.1. The second-order valence-electron chi connectivity index (χ2n) is 12.3. The van der Waals surface area contributed by atoms with E-state index in [1.54, 1.807) is 22.2 Å². The van der Waals surface area contributed by atoms with Crippen LogP contribution in [0.4, 0.5) is 0 Å². The van der Waals surface area contributed by atoms with E-state index < -0.39 is 60.9 Å². The third kappa shape index (κ3) is 6.92. The molecule has 0 saturated heterocycles. The van der Waals surface area contributed by atoms with Gasteiger partial charge in [-0.15, -0.1) is 16.4 Å². The van der Waals surface area contributed by atoms with Crippen molar-refractivity contribution in [3.63, 3.8) is 0 Å². The van der Waals surface area contributed by atoms with Gasteiger partial charge in [-0.3, -0.25) is 24.0 Å². The standard InChI is InChI=1S/C35H32N8O10S/c1-16(44)49-13-24(50-17(2)45)28(51-18(3)46)29(52-19(4)47)30(53-20(5)48)31-40-33-23-12-39-43(32(23)38-15-42(33)41-31)34-27-26-22-9-7-6-8-21(22)10-11-25(26)54-35(27)37-14-36-34/h6-9,12,14-15,24,28-30H,10-11,13H2,1-5H3/t24-,28+,29-,30+/m1/s1. The number of carbonyl (C=O) groups is 5. The number of rotatable bonds is 11.